The number of benzene rings is 4. The Morgan fingerprint density at radius 2 is 1.07 bits per heavy atom. The molecule has 3 amide bonds. The van der Waals surface area contributed by atoms with Crippen LogP contribution in [-0.4, -0.2) is 66.3 Å². The van der Waals surface area contributed by atoms with Crippen LogP contribution in [-0.2, 0) is 27.5 Å². The highest BCUT2D eigenvalue weighted by Gasteiger charge is 2.31. The lowest BCUT2D eigenvalue weighted by Gasteiger charge is -2.18. The van der Waals surface area contributed by atoms with Crippen molar-refractivity contribution in [2.24, 2.45) is 11.7 Å². The van der Waals surface area contributed by atoms with Crippen LogP contribution in [0.2, 0.25) is 0 Å². The van der Waals surface area contributed by atoms with Crippen LogP contribution in [0.4, 0.5) is 9.59 Å². The van der Waals surface area contributed by atoms with Crippen molar-refractivity contribution in [2.45, 2.75) is 77.0 Å². The van der Waals surface area contributed by atoms with Crippen molar-refractivity contribution in [3.63, 3.8) is 0 Å². The number of hydrogen-bond acceptors (Lipinski definition) is 8. The summed E-state index contributed by atoms with van der Waals surface area (Å²) >= 11 is 0. The van der Waals surface area contributed by atoms with Crippen molar-refractivity contribution in [1.29, 1.82) is 0 Å². The molecule has 4 aromatic rings. The summed E-state index contributed by atoms with van der Waals surface area (Å²) in [6.45, 7) is 6.85. The first-order valence-corrected chi connectivity index (χ1v) is 19.2. The minimum absolute atomic E-state index is 0. The minimum atomic E-state index is -0.305. The summed E-state index contributed by atoms with van der Waals surface area (Å²) in [5, 5.41) is 3.05. The average Bonchev–Trinajstić information content (AvgIpc) is 3.79. The second-order valence-corrected chi connectivity index (χ2v) is 14.5. The molecule has 7 rings (SSSR count). The molecular weight excluding hydrogens is 732 g/mol. The molecule has 2 saturated heterocycles. The van der Waals surface area contributed by atoms with Crippen LogP contribution in [0.1, 0.15) is 73.9 Å². The van der Waals surface area contributed by atoms with Gasteiger partial charge in [-0.25, -0.2) is 9.59 Å². The molecule has 3 fully saturated rings. The van der Waals surface area contributed by atoms with Crippen molar-refractivity contribution in [1.82, 2.24) is 15.1 Å². The normalized spacial score (nSPS) is 18.3. The molecule has 2 unspecified atom stereocenters. The number of halogens is 1. The van der Waals surface area contributed by atoms with Gasteiger partial charge in [0.2, 0.25) is 5.91 Å². The number of nitrogens with two attached hydrogens (primary N) is 1. The molecule has 0 radical (unpaired) electrons. The van der Waals surface area contributed by atoms with Crippen LogP contribution in [0.5, 0.6) is 11.5 Å². The smallest absolute Gasteiger partial charge is 0.410 e. The summed E-state index contributed by atoms with van der Waals surface area (Å²) in [7, 11) is 0. The van der Waals surface area contributed by atoms with Gasteiger partial charge in [-0.2, -0.15) is 0 Å². The molecule has 1 aliphatic carbocycles. The van der Waals surface area contributed by atoms with Gasteiger partial charge in [-0.05, 0) is 73.2 Å². The van der Waals surface area contributed by atoms with E-state index in [2.05, 4.69) is 5.32 Å². The number of hydrogen-bond donors (Lipinski definition) is 2. The Labute approximate surface area is 335 Å². The summed E-state index contributed by atoms with van der Waals surface area (Å²) in [4.78, 5) is 39.8. The highest BCUT2D eigenvalue weighted by molar-refractivity contribution is 5.85. The summed E-state index contributed by atoms with van der Waals surface area (Å²) in [6, 6.07) is 34.9. The minimum Gasteiger partial charge on any atom is -0.489 e. The second kappa shape index (κ2) is 20.6. The number of nitrogens with zero attached hydrogens (tertiary/aromatic N) is 2. The quantitative estimate of drug-likeness (QED) is 0.148. The van der Waals surface area contributed by atoms with Crippen LogP contribution in [0.15, 0.2) is 109 Å². The molecule has 298 valence electrons. The van der Waals surface area contributed by atoms with Crippen molar-refractivity contribution in [3.8, 4) is 11.5 Å². The maximum absolute atomic E-state index is 12.3. The maximum Gasteiger partial charge on any atom is 0.410 e. The number of rotatable bonds is 12. The van der Waals surface area contributed by atoms with E-state index in [1.807, 2.05) is 123 Å². The molecule has 4 aromatic carbocycles. The lowest BCUT2D eigenvalue weighted by molar-refractivity contribution is -0.122. The van der Waals surface area contributed by atoms with Crippen molar-refractivity contribution in [2.75, 3.05) is 26.2 Å². The fourth-order valence-electron chi connectivity index (χ4n) is 6.43. The fraction of sp³-hybridized carbons (Fsp3) is 0.386. The Morgan fingerprint density at radius 3 is 1.48 bits per heavy atom. The van der Waals surface area contributed by atoms with E-state index in [4.69, 9.17) is 24.7 Å². The Hall–Kier alpha value is -5.26. The standard InChI is InChI=1S/C24H28N2O4.C20H24N2O3.ClH/c1-17(25-23(27)20-7-8-20)19-9-11-21(12-10-19)30-22-13-14-26(15-22)24(28)29-16-18-5-3-2-4-6-18;1-15(21)17-7-9-18(10-8-17)25-19-11-12-22(13-19)20(23)24-14-16-5-3-2-4-6-16;/h2-6,9-12,17,20,22H,7-8,13-16H2,1H3,(H,25,27);2-10,15,19H,11-14,21H2,1H3;1H/t17-,22?;15-,19?;/m00./s1. The third-order valence-electron chi connectivity index (χ3n) is 9.92. The predicted molar refractivity (Wildman–Crippen MR) is 216 cm³/mol. The Morgan fingerprint density at radius 1 is 0.643 bits per heavy atom. The lowest BCUT2D eigenvalue weighted by Crippen LogP contribution is -2.31. The zero-order valence-electron chi connectivity index (χ0n) is 32.1. The van der Waals surface area contributed by atoms with Gasteiger partial charge >= 0.3 is 12.2 Å². The monoisotopic (exact) mass is 784 g/mol. The topological polar surface area (TPSA) is 133 Å². The highest BCUT2D eigenvalue weighted by atomic mass is 35.5. The van der Waals surface area contributed by atoms with E-state index in [-0.39, 0.29) is 67.3 Å². The van der Waals surface area contributed by atoms with Crippen LogP contribution < -0.4 is 20.5 Å². The van der Waals surface area contributed by atoms with E-state index in [1.54, 1.807) is 9.80 Å². The molecule has 0 spiro atoms. The first kappa shape index (κ1) is 41.9. The van der Waals surface area contributed by atoms with Gasteiger partial charge in [0.25, 0.3) is 0 Å². The first-order valence-electron chi connectivity index (χ1n) is 19.2. The third kappa shape index (κ3) is 12.6. The number of carbonyl (C=O) groups is 3. The van der Waals surface area contributed by atoms with Gasteiger partial charge in [0.05, 0.1) is 19.1 Å². The number of likely N-dealkylation sites (tertiary alicyclic amines) is 2. The number of ether oxygens (including phenoxy) is 4. The van der Waals surface area contributed by atoms with E-state index in [9.17, 15) is 14.4 Å². The Kier molecular flexibility index (Phi) is 15.4. The molecule has 4 atom stereocenters. The zero-order valence-corrected chi connectivity index (χ0v) is 32.9. The van der Waals surface area contributed by atoms with Gasteiger partial charge in [-0.3, -0.25) is 4.79 Å². The van der Waals surface area contributed by atoms with Crippen LogP contribution in [0.25, 0.3) is 0 Å². The molecule has 2 aliphatic heterocycles. The molecule has 12 heteroatoms. The fourth-order valence-corrected chi connectivity index (χ4v) is 6.43. The van der Waals surface area contributed by atoms with Crippen LogP contribution in [0.3, 0.4) is 0 Å². The van der Waals surface area contributed by atoms with E-state index in [0.717, 1.165) is 59.4 Å². The SMILES string of the molecule is C[C@H](N)c1ccc(OC2CCN(C(=O)OCc3ccccc3)C2)cc1.C[C@H](NC(=O)C1CC1)c1ccc(OC2CCN(C(=O)OCc3ccccc3)C2)cc1.Cl. The first-order chi connectivity index (χ1) is 26.7. The molecule has 3 N–H and O–H groups in total. The summed E-state index contributed by atoms with van der Waals surface area (Å²) in [5.41, 5.74) is 9.93. The van der Waals surface area contributed by atoms with Crippen LogP contribution in [0, 0.1) is 5.92 Å². The van der Waals surface area contributed by atoms with Gasteiger partial charge in [-0.15, -0.1) is 12.4 Å². The van der Waals surface area contributed by atoms with Gasteiger partial charge in [-0.1, -0.05) is 84.9 Å². The second-order valence-electron chi connectivity index (χ2n) is 14.5. The number of carbonyl (C=O) groups excluding carboxylic acids is 3. The molecule has 1 saturated carbocycles. The average molecular weight is 785 g/mol. The largest absolute Gasteiger partial charge is 0.489 e. The third-order valence-corrected chi connectivity index (χ3v) is 9.92. The van der Waals surface area contributed by atoms with Crippen molar-refractivity contribution < 1.29 is 33.3 Å². The molecule has 2 heterocycles. The summed E-state index contributed by atoms with van der Waals surface area (Å²) < 4.78 is 22.8. The van der Waals surface area contributed by atoms with Gasteiger partial charge in [0.15, 0.2) is 0 Å². The van der Waals surface area contributed by atoms with E-state index < -0.39 is 0 Å². The maximum atomic E-state index is 12.3. The Balaban J connectivity index is 0.000000214. The van der Waals surface area contributed by atoms with Gasteiger partial charge in [0.1, 0.15) is 36.9 Å². The van der Waals surface area contributed by atoms with E-state index >= 15 is 0 Å². The summed E-state index contributed by atoms with van der Waals surface area (Å²) in [5.74, 6) is 1.92. The molecule has 56 heavy (non-hydrogen) atoms. The van der Waals surface area contributed by atoms with Crippen molar-refractivity contribution in [3.05, 3.63) is 131 Å². The highest BCUT2D eigenvalue weighted by Crippen LogP contribution is 2.30. The van der Waals surface area contributed by atoms with Crippen LogP contribution >= 0.6 is 12.4 Å². The lowest BCUT2D eigenvalue weighted by atomic mass is 10.1. The van der Waals surface area contributed by atoms with E-state index in [0.29, 0.717) is 32.8 Å². The zero-order chi connectivity index (χ0) is 38.6. The molecule has 0 bridgehead atoms. The van der Waals surface area contributed by atoms with Gasteiger partial charge in [0, 0.05) is 37.9 Å². The molecule has 0 aromatic heterocycles. The van der Waals surface area contributed by atoms with Gasteiger partial charge < -0.3 is 39.8 Å². The number of nitrogens with one attached hydrogen (secondary N) is 1. The molecule has 3 aliphatic rings. The number of amides is 3. The Bertz CT molecular complexity index is 1830. The predicted octanol–water partition coefficient (Wildman–Crippen LogP) is 7.98. The van der Waals surface area contributed by atoms with Crippen molar-refractivity contribution >= 4 is 30.5 Å². The molecule has 11 nitrogen and oxygen atoms in total. The summed E-state index contributed by atoms with van der Waals surface area (Å²) in [6.07, 6.45) is 2.93. The van der Waals surface area contributed by atoms with E-state index in [1.165, 1.54) is 0 Å². The molecular formula is C44H53ClN4O7.